The lowest BCUT2D eigenvalue weighted by Gasteiger charge is -2.47. The van der Waals surface area contributed by atoms with Gasteiger partial charge in [-0.25, -0.2) is 4.79 Å². The Labute approximate surface area is 168 Å². The van der Waals surface area contributed by atoms with Crippen LogP contribution in [0.4, 0.5) is 0 Å². The molecule has 1 aromatic carbocycles. The Hall–Kier alpha value is -2.17. The van der Waals surface area contributed by atoms with E-state index >= 15 is 0 Å². The van der Waals surface area contributed by atoms with Crippen LogP contribution in [0.15, 0.2) is 65.8 Å². The van der Waals surface area contributed by atoms with Crippen molar-refractivity contribution in [1.82, 2.24) is 0 Å². The number of hydrogen-bond acceptors (Lipinski definition) is 3. The molecule has 4 heteroatoms. The molecule has 2 rings (SSSR count). The minimum Gasteiger partial charge on any atom is -0.478 e. The summed E-state index contributed by atoms with van der Waals surface area (Å²) in [5, 5.41) is 20.2. The van der Waals surface area contributed by atoms with Crippen molar-refractivity contribution in [2.24, 2.45) is 5.41 Å². The first-order valence-electron chi connectivity index (χ1n) is 9.81. The van der Waals surface area contributed by atoms with Crippen LogP contribution in [0, 0.1) is 5.41 Å². The fourth-order valence-electron chi connectivity index (χ4n) is 3.77. The molecule has 0 aliphatic heterocycles. The molecular weight excluding hydrogens is 352 g/mol. The first-order chi connectivity index (χ1) is 13.1. The highest BCUT2D eigenvalue weighted by atomic mass is 16.5. The summed E-state index contributed by atoms with van der Waals surface area (Å²) in [5.41, 5.74) is 1.16. The van der Waals surface area contributed by atoms with E-state index < -0.39 is 17.0 Å². The Bertz CT molecular complexity index is 758. The van der Waals surface area contributed by atoms with Crippen molar-refractivity contribution in [2.45, 2.75) is 58.7 Å². The van der Waals surface area contributed by atoms with E-state index in [1.807, 2.05) is 45.0 Å². The number of ether oxygens (including phenoxy) is 1. The second-order valence-electron chi connectivity index (χ2n) is 8.26. The third-order valence-electron chi connectivity index (χ3n) is 5.50. The second kappa shape index (κ2) is 9.35. The van der Waals surface area contributed by atoms with Crippen LogP contribution in [0.1, 0.15) is 46.1 Å². The maximum absolute atomic E-state index is 11.3. The average molecular weight is 385 g/mol. The third-order valence-corrected chi connectivity index (χ3v) is 5.50. The Morgan fingerprint density at radius 3 is 2.57 bits per heavy atom. The predicted molar refractivity (Wildman–Crippen MR) is 112 cm³/mol. The van der Waals surface area contributed by atoms with Crippen molar-refractivity contribution in [3.8, 4) is 0 Å². The van der Waals surface area contributed by atoms with Crippen LogP contribution in [0.3, 0.4) is 0 Å². The number of allylic oxidation sites excluding steroid dienone is 2. The van der Waals surface area contributed by atoms with Gasteiger partial charge in [-0.1, -0.05) is 56.3 Å². The van der Waals surface area contributed by atoms with Gasteiger partial charge in [0.05, 0.1) is 6.10 Å². The quantitative estimate of drug-likeness (QED) is 0.295. The van der Waals surface area contributed by atoms with E-state index in [0.29, 0.717) is 18.6 Å². The average Bonchev–Trinajstić information content (AvgIpc) is 2.62. The highest BCUT2D eigenvalue weighted by Gasteiger charge is 2.47. The number of carboxylic acid groups (broad SMARTS) is 1. The minimum atomic E-state index is -1.13. The number of rotatable bonds is 8. The van der Waals surface area contributed by atoms with Crippen molar-refractivity contribution in [3.63, 3.8) is 0 Å². The van der Waals surface area contributed by atoms with E-state index in [2.05, 4.69) is 12.1 Å². The number of benzene rings is 1. The van der Waals surface area contributed by atoms with Crippen LogP contribution in [-0.4, -0.2) is 34.5 Å². The van der Waals surface area contributed by atoms with Gasteiger partial charge in [-0.2, -0.15) is 0 Å². The lowest BCUT2D eigenvalue weighted by atomic mass is 9.64. The molecule has 0 spiro atoms. The van der Waals surface area contributed by atoms with E-state index in [9.17, 15) is 9.90 Å². The molecule has 1 aromatic rings. The molecule has 1 aliphatic rings. The van der Waals surface area contributed by atoms with Crippen LogP contribution in [-0.2, 0) is 16.0 Å². The van der Waals surface area contributed by atoms with Crippen LogP contribution in [0.2, 0.25) is 0 Å². The monoisotopic (exact) mass is 384 g/mol. The molecule has 1 aliphatic carbocycles. The summed E-state index contributed by atoms with van der Waals surface area (Å²) in [6, 6.07) is 10.4. The van der Waals surface area contributed by atoms with Gasteiger partial charge in [0.1, 0.15) is 5.60 Å². The molecule has 4 nitrogen and oxygen atoms in total. The first kappa shape index (κ1) is 22.1. The van der Waals surface area contributed by atoms with Crippen molar-refractivity contribution >= 4 is 5.97 Å². The van der Waals surface area contributed by atoms with Gasteiger partial charge < -0.3 is 14.9 Å². The number of hydrogen-bond donors (Lipinski definition) is 2. The fraction of sp³-hybridized carbons (Fsp3) is 0.458. The molecule has 2 atom stereocenters. The maximum Gasteiger partial charge on any atom is 0.328 e. The lowest BCUT2D eigenvalue weighted by Crippen LogP contribution is -2.49. The molecule has 0 radical (unpaired) electrons. The van der Waals surface area contributed by atoms with E-state index in [1.54, 1.807) is 19.1 Å². The second-order valence-corrected chi connectivity index (χ2v) is 8.26. The Balaban J connectivity index is 2.00. The topological polar surface area (TPSA) is 66.8 Å². The minimum absolute atomic E-state index is 0.0323. The van der Waals surface area contributed by atoms with E-state index in [-0.39, 0.29) is 6.10 Å². The largest absolute Gasteiger partial charge is 0.478 e. The van der Waals surface area contributed by atoms with Gasteiger partial charge >= 0.3 is 5.97 Å². The standard InChI is InChI=1S/C24H32O4/c1-18(15-22(25)26)12-13-24(27)19(2)16-21(17-23(24,3)4)28-14-8-11-20-9-6-5-7-10-20/h5-7,9-10,12-13,15-16,21,27H,8,11,14,17H2,1-4H3,(H,25,26)/b13-12+,18-15-/t21-,24-/m1/s1. The molecule has 0 bridgehead atoms. The van der Waals surface area contributed by atoms with Gasteiger partial charge in [-0.05, 0) is 55.9 Å². The van der Waals surface area contributed by atoms with Gasteiger partial charge in [0.25, 0.3) is 0 Å². The summed E-state index contributed by atoms with van der Waals surface area (Å²) in [5.74, 6) is -0.992. The van der Waals surface area contributed by atoms with Crippen LogP contribution >= 0.6 is 0 Å². The van der Waals surface area contributed by atoms with Crippen LogP contribution in [0.5, 0.6) is 0 Å². The van der Waals surface area contributed by atoms with Gasteiger partial charge in [-0.3, -0.25) is 0 Å². The van der Waals surface area contributed by atoms with Gasteiger partial charge in [-0.15, -0.1) is 0 Å². The van der Waals surface area contributed by atoms with E-state index in [0.717, 1.165) is 24.5 Å². The summed E-state index contributed by atoms with van der Waals surface area (Å²) in [6.45, 7) is 8.33. The molecule has 2 N–H and O–H groups in total. The summed E-state index contributed by atoms with van der Waals surface area (Å²) in [7, 11) is 0. The third kappa shape index (κ3) is 5.66. The van der Waals surface area contributed by atoms with Crippen LogP contribution < -0.4 is 0 Å². The van der Waals surface area contributed by atoms with Crippen LogP contribution in [0.25, 0.3) is 0 Å². The molecule has 152 valence electrons. The Kier molecular flexibility index (Phi) is 7.39. The van der Waals surface area contributed by atoms with Gasteiger partial charge in [0.15, 0.2) is 0 Å². The number of carboxylic acids is 1. The van der Waals surface area contributed by atoms with Crippen molar-refractivity contribution in [1.29, 1.82) is 0 Å². The molecular formula is C24H32O4. The van der Waals surface area contributed by atoms with Gasteiger partial charge in [0.2, 0.25) is 0 Å². The zero-order valence-corrected chi connectivity index (χ0v) is 17.3. The number of carbonyl (C=O) groups is 1. The molecule has 28 heavy (non-hydrogen) atoms. The summed E-state index contributed by atoms with van der Waals surface area (Å²) < 4.78 is 6.08. The summed E-state index contributed by atoms with van der Waals surface area (Å²) in [4.78, 5) is 10.8. The first-order valence-corrected chi connectivity index (χ1v) is 9.81. The van der Waals surface area contributed by atoms with E-state index in [4.69, 9.17) is 9.84 Å². The van der Waals surface area contributed by atoms with Crippen molar-refractivity contribution in [3.05, 3.63) is 71.3 Å². The molecule has 0 fully saturated rings. The molecule has 0 unspecified atom stereocenters. The van der Waals surface area contributed by atoms with Crippen molar-refractivity contribution in [2.75, 3.05) is 6.61 Å². The fourth-order valence-corrected chi connectivity index (χ4v) is 3.77. The Morgan fingerprint density at radius 2 is 1.96 bits per heavy atom. The van der Waals surface area contributed by atoms with Gasteiger partial charge in [0, 0.05) is 18.1 Å². The summed E-state index contributed by atoms with van der Waals surface area (Å²) >= 11 is 0. The zero-order chi connectivity index (χ0) is 20.8. The number of aliphatic carboxylic acids is 1. The molecule has 0 heterocycles. The predicted octanol–water partition coefficient (Wildman–Crippen LogP) is 4.70. The Morgan fingerprint density at radius 1 is 1.29 bits per heavy atom. The normalized spacial score (nSPS) is 25.0. The van der Waals surface area contributed by atoms with E-state index in [1.165, 1.54) is 5.56 Å². The number of aliphatic hydroxyl groups is 1. The zero-order valence-electron chi connectivity index (χ0n) is 17.3. The SMILES string of the molecule is CC1=C[C@@H](OCCCc2ccccc2)CC(C)(C)[C@@]1(O)/C=C/C(C)=C\C(=O)O. The molecule has 0 saturated carbocycles. The highest BCUT2D eigenvalue weighted by Crippen LogP contribution is 2.46. The van der Waals surface area contributed by atoms with Crippen molar-refractivity contribution < 1.29 is 19.7 Å². The highest BCUT2D eigenvalue weighted by molar-refractivity contribution is 5.81. The molecule has 0 saturated heterocycles. The summed E-state index contributed by atoms with van der Waals surface area (Å²) in [6.07, 6.45) is 9.11. The lowest BCUT2D eigenvalue weighted by molar-refractivity contribution is -0.131. The number of aryl methyl sites for hydroxylation is 1. The molecule has 0 amide bonds. The molecule has 0 aromatic heterocycles. The smallest absolute Gasteiger partial charge is 0.328 e. The maximum atomic E-state index is 11.3.